The first-order valence-corrected chi connectivity index (χ1v) is 14.2. The molecule has 5 heteroatoms. The maximum absolute atomic E-state index is 12.5. The number of esters is 2. The van der Waals surface area contributed by atoms with Gasteiger partial charge in [-0.15, -0.1) is 0 Å². The number of hydrogen-bond donors (Lipinski definition) is 0. The van der Waals surface area contributed by atoms with Crippen molar-refractivity contribution in [2.24, 2.45) is 0 Å². The zero-order chi connectivity index (χ0) is 26.9. The van der Waals surface area contributed by atoms with E-state index in [-0.39, 0.29) is 6.10 Å². The van der Waals surface area contributed by atoms with Crippen LogP contribution in [-0.2, 0) is 14.3 Å². The highest BCUT2D eigenvalue weighted by molar-refractivity contribution is 5.92. The summed E-state index contributed by atoms with van der Waals surface area (Å²) >= 11 is 0. The number of carbonyl (C=O) groups is 2. The number of ether oxygens (including phenoxy) is 3. The Hall–Kier alpha value is -2.82. The Morgan fingerprint density at radius 3 is 1.84 bits per heavy atom. The fraction of sp³-hybridized carbons (Fsp3) is 0.562. The van der Waals surface area contributed by atoms with Crippen molar-refractivity contribution in [1.82, 2.24) is 0 Å². The van der Waals surface area contributed by atoms with E-state index in [9.17, 15) is 9.59 Å². The molecule has 5 nitrogen and oxygen atoms in total. The molecule has 0 aliphatic heterocycles. The van der Waals surface area contributed by atoms with Gasteiger partial charge in [0.15, 0.2) is 6.10 Å². The summed E-state index contributed by atoms with van der Waals surface area (Å²) in [5.41, 5.74) is 2.43. The zero-order valence-corrected chi connectivity index (χ0v) is 23.3. The molecule has 0 aliphatic carbocycles. The first kappa shape index (κ1) is 30.4. The molecule has 37 heavy (non-hydrogen) atoms. The zero-order valence-electron chi connectivity index (χ0n) is 23.3. The van der Waals surface area contributed by atoms with Crippen LogP contribution in [0.4, 0.5) is 0 Å². The smallest absolute Gasteiger partial charge is 0.347 e. The van der Waals surface area contributed by atoms with E-state index in [0.29, 0.717) is 5.56 Å². The molecule has 0 N–H and O–H groups in total. The van der Waals surface area contributed by atoms with Gasteiger partial charge in [0, 0.05) is 0 Å². The monoisotopic (exact) mass is 510 g/mol. The number of hydrogen-bond acceptors (Lipinski definition) is 5. The first-order valence-electron chi connectivity index (χ1n) is 14.2. The lowest BCUT2D eigenvalue weighted by molar-refractivity contribution is -0.158. The summed E-state index contributed by atoms with van der Waals surface area (Å²) in [6.07, 6.45) is 11.7. The van der Waals surface area contributed by atoms with Gasteiger partial charge in [0.2, 0.25) is 0 Å². The quantitative estimate of drug-likeness (QED) is 0.148. The van der Waals surface area contributed by atoms with Crippen LogP contribution in [0.3, 0.4) is 0 Å². The van der Waals surface area contributed by atoms with Crippen LogP contribution in [0.15, 0.2) is 48.5 Å². The van der Waals surface area contributed by atoms with E-state index in [0.717, 1.165) is 49.2 Å². The highest BCUT2D eigenvalue weighted by atomic mass is 16.6. The third-order valence-corrected chi connectivity index (χ3v) is 6.47. The van der Waals surface area contributed by atoms with Crippen molar-refractivity contribution in [2.45, 2.75) is 111 Å². The molecule has 2 aromatic rings. The van der Waals surface area contributed by atoms with Gasteiger partial charge in [-0.25, -0.2) is 9.59 Å². The van der Waals surface area contributed by atoms with E-state index in [2.05, 4.69) is 13.8 Å². The van der Waals surface area contributed by atoms with Gasteiger partial charge in [0.05, 0.1) is 18.3 Å². The lowest BCUT2D eigenvalue weighted by Gasteiger charge is -2.17. The summed E-state index contributed by atoms with van der Waals surface area (Å²) in [6, 6.07) is 15.2. The molecule has 0 aromatic heterocycles. The number of carbonyl (C=O) groups excluding carboxylic acids is 2. The maximum Gasteiger partial charge on any atom is 0.347 e. The minimum atomic E-state index is -0.950. The molecule has 0 unspecified atom stereocenters. The molecule has 0 aliphatic rings. The molecule has 0 heterocycles. The Balaban J connectivity index is 1.77. The minimum Gasteiger partial charge on any atom is -0.494 e. The molecule has 0 fully saturated rings. The van der Waals surface area contributed by atoms with Gasteiger partial charge in [-0.05, 0) is 68.5 Å². The van der Waals surface area contributed by atoms with Crippen molar-refractivity contribution in [3.63, 3.8) is 0 Å². The van der Waals surface area contributed by atoms with Gasteiger partial charge >= 0.3 is 11.9 Å². The van der Waals surface area contributed by atoms with Crippen LogP contribution in [0.2, 0.25) is 0 Å². The van der Waals surface area contributed by atoms with Crippen LogP contribution in [0.25, 0.3) is 11.1 Å². The summed E-state index contributed by atoms with van der Waals surface area (Å²) in [5, 5.41) is 0. The fourth-order valence-corrected chi connectivity index (χ4v) is 4.10. The third kappa shape index (κ3) is 11.8. The predicted molar refractivity (Wildman–Crippen MR) is 150 cm³/mol. The number of benzene rings is 2. The second-order valence-corrected chi connectivity index (χ2v) is 9.86. The summed E-state index contributed by atoms with van der Waals surface area (Å²) in [5.74, 6) is -0.175. The lowest BCUT2D eigenvalue weighted by Crippen LogP contribution is -2.29. The van der Waals surface area contributed by atoms with E-state index < -0.39 is 18.0 Å². The summed E-state index contributed by atoms with van der Waals surface area (Å²) < 4.78 is 16.7. The average molecular weight is 511 g/mol. The Bertz CT molecular complexity index is 904. The molecule has 0 saturated carbocycles. The Morgan fingerprint density at radius 1 is 0.676 bits per heavy atom. The number of rotatable bonds is 18. The lowest BCUT2D eigenvalue weighted by atomic mass is 10.0. The largest absolute Gasteiger partial charge is 0.494 e. The van der Waals surface area contributed by atoms with Crippen LogP contribution in [-0.4, -0.2) is 30.8 Å². The standard InChI is InChI=1S/C32H46O5/c1-5-7-9-11-12-14-24-35-30-22-20-28(21-23-30)27-16-18-29(19-17-27)32(34)37-26(4)31(33)36-25(3)15-13-10-8-6-2/h16-23,25-26H,5-15,24H2,1-4H3/t25-,26-/m1/s1. The van der Waals surface area contributed by atoms with Gasteiger partial charge in [0.1, 0.15) is 5.75 Å². The van der Waals surface area contributed by atoms with Crippen LogP contribution < -0.4 is 4.74 Å². The third-order valence-electron chi connectivity index (χ3n) is 6.47. The van der Waals surface area contributed by atoms with Crippen molar-refractivity contribution in [3.8, 4) is 16.9 Å². The molecule has 204 valence electrons. The van der Waals surface area contributed by atoms with Crippen molar-refractivity contribution >= 4 is 11.9 Å². The predicted octanol–water partition coefficient (Wildman–Crippen LogP) is 8.54. The van der Waals surface area contributed by atoms with Crippen LogP contribution >= 0.6 is 0 Å². The van der Waals surface area contributed by atoms with Crippen molar-refractivity contribution in [1.29, 1.82) is 0 Å². The van der Waals surface area contributed by atoms with Gasteiger partial charge in [0.25, 0.3) is 0 Å². The van der Waals surface area contributed by atoms with E-state index in [4.69, 9.17) is 14.2 Å². The van der Waals surface area contributed by atoms with Crippen LogP contribution in [0.5, 0.6) is 5.75 Å². The summed E-state index contributed by atoms with van der Waals surface area (Å²) in [6.45, 7) is 8.57. The average Bonchev–Trinajstić information content (AvgIpc) is 2.91. The molecule has 0 saturated heterocycles. The molecule has 2 atom stereocenters. The second-order valence-electron chi connectivity index (χ2n) is 9.86. The molecular formula is C32H46O5. The van der Waals surface area contributed by atoms with E-state index in [1.807, 2.05) is 43.3 Å². The molecular weight excluding hydrogens is 464 g/mol. The molecule has 0 bridgehead atoms. The van der Waals surface area contributed by atoms with Gasteiger partial charge < -0.3 is 14.2 Å². The van der Waals surface area contributed by atoms with Crippen LogP contribution in [0, 0.1) is 0 Å². The maximum atomic E-state index is 12.5. The number of unbranched alkanes of at least 4 members (excludes halogenated alkanes) is 8. The Morgan fingerprint density at radius 2 is 1.22 bits per heavy atom. The molecule has 0 radical (unpaired) electrons. The van der Waals surface area contributed by atoms with E-state index in [1.165, 1.54) is 44.9 Å². The molecule has 2 aromatic carbocycles. The van der Waals surface area contributed by atoms with Crippen molar-refractivity contribution < 1.29 is 23.8 Å². The van der Waals surface area contributed by atoms with Gasteiger partial charge in [-0.3, -0.25) is 0 Å². The topological polar surface area (TPSA) is 61.8 Å². The SMILES string of the molecule is CCCCCCCCOc1ccc(-c2ccc(C(=O)O[C@H](C)C(=O)O[C@H](C)CCCCCC)cc2)cc1. The van der Waals surface area contributed by atoms with Crippen molar-refractivity contribution in [2.75, 3.05) is 6.61 Å². The highest BCUT2D eigenvalue weighted by Crippen LogP contribution is 2.23. The van der Waals surface area contributed by atoms with E-state index >= 15 is 0 Å². The molecule has 2 rings (SSSR count). The molecule has 0 spiro atoms. The Kier molecular flexibility index (Phi) is 14.5. The normalized spacial score (nSPS) is 12.5. The second kappa shape index (κ2) is 17.6. The summed E-state index contributed by atoms with van der Waals surface area (Å²) in [7, 11) is 0. The molecule has 0 amide bonds. The highest BCUT2D eigenvalue weighted by Gasteiger charge is 2.22. The Labute approximate surface area is 223 Å². The summed E-state index contributed by atoms with van der Waals surface area (Å²) in [4.78, 5) is 24.8. The van der Waals surface area contributed by atoms with Crippen LogP contribution in [0.1, 0.15) is 109 Å². The van der Waals surface area contributed by atoms with Crippen molar-refractivity contribution in [3.05, 3.63) is 54.1 Å². The first-order chi connectivity index (χ1) is 17.9. The van der Waals surface area contributed by atoms with Gasteiger partial charge in [-0.2, -0.15) is 0 Å². The van der Waals surface area contributed by atoms with E-state index in [1.54, 1.807) is 19.1 Å². The fourth-order valence-electron chi connectivity index (χ4n) is 4.10. The van der Waals surface area contributed by atoms with Gasteiger partial charge in [-0.1, -0.05) is 89.5 Å². The minimum absolute atomic E-state index is 0.183.